The van der Waals surface area contributed by atoms with E-state index >= 15 is 0 Å². The summed E-state index contributed by atoms with van der Waals surface area (Å²) in [5.74, 6) is 5.54. The van der Waals surface area contributed by atoms with Gasteiger partial charge in [-0.15, -0.1) is 0 Å². The zero-order valence-electron chi connectivity index (χ0n) is 12.2. The van der Waals surface area contributed by atoms with Gasteiger partial charge in [-0.2, -0.15) is 5.26 Å². The first-order valence-corrected chi connectivity index (χ1v) is 6.72. The highest BCUT2D eigenvalue weighted by Gasteiger charge is 2.18. The predicted molar refractivity (Wildman–Crippen MR) is 77.8 cm³/mol. The fourth-order valence-corrected chi connectivity index (χ4v) is 1.88. The minimum absolute atomic E-state index is 0.108. The van der Waals surface area contributed by atoms with Crippen LogP contribution in [0.15, 0.2) is 12.1 Å². The fraction of sp³-hybridized carbons (Fsp3) is 0.500. The number of nitrogens with two attached hydrogens (primary N) is 1. The number of aryl methyl sites for hydroxylation is 1. The minimum Gasteiger partial charge on any atom is -0.338 e. The van der Waals surface area contributed by atoms with E-state index in [9.17, 15) is 4.79 Å². The minimum atomic E-state index is -0.196. The van der Waals surface area contributed by atoms with Crippen LogP contribution in [0.5, 0.6) is 0 Å². The van der Waals surface area contributed by atoms with Crippen LogP contribution in [0.2, 0.25) is 0 Å². The second-order valence-corrected chi connectivity index (χ2v) is 4.60. The molecule has 1 atom stereocenters. The third kappa shape index (κ3) is 3.93. The van der Waals surface area contributed by atoms with Crippen molar-refractivity contribution in [3.63, 3.8) is 0 Å². The summed E-state index contributed by atoms with van der Waals surface area (Å²) in [6.45, 7) is 6.63. The molecule has 1 aromatic heterocycles. The lowest BCUT2D eigenvalue weighted by atomic mass is 10.1. The summed E-state index contributed by atoms with van der Waals surface area (Å²) in [5.41, 5.74) is 3.81. The van der Waals surface area contributed by atoms with Crippen molar-refractivity contribution in [2.75, 3.05) is 18.5 Å². The van der Waals surface area contributed by atoms with Crippen LogP contribution >= 0.6 is 0 Å². The van der Waals surface area contributed by atoms with E-state index in [-0.39, 0.29) is 11.8 Å². The lowest BCUT2D eigenvalue weighted by Crippen LogP contribution is -2.34. The summed E-state index contributed by atoms with van der Waals surface area (Å²) < 4.78 is 0. The largest absolute Gasteiger partial charge is 0.338 e. The van der Waals surface area contributed by atoms with E-state index in [1.165, 1.54) is 0 Å². The maximum absolute atomic E-state index is 12.5. The average molecular weight is 275 g/mol. The lowest BCUT2D eigenvalue weighted by Gasteiger charge is -2.22. The lowest BCUT2D eigenvalue weighted by molar-refractivity contribution is 0.0752. The highest BCUT2D eigenvalue weighted by Crippen LogP contribution is 2.14. The summed E-state index contributed by atoms with van der Waals surface area (Å²) in [6, 6.07) is 5.54. The van der Waals surface area contributed by atoms with Gasteiger partial charge in [0.25, 0.3) is 5.91 Å². The highest BCUT2D eigenvalue weighted by atomic mass is 16.2. The molecule has 108 valence electrons. The van der Waals surface area contributed by atoms with Gasteiger partial charge in [0.15, 0.2) is 0 Å². The van der Waals surface area contributed by atoms with Crippen molar-refractivity contribution in [3.8, 4) is 6.07 Å². The zero-order chi connectivity index (χ0) is 15.1. The monoisotopic (exact) mass is 275 g/mol. The van der Waals surface area contributed by atoms with Crippen LogP contribution in [0.25, 0.3) is 0 Å². The van der Waals surface area contributed by atoms with Crippen molar-refractivity contribution >= 4 is 11.7 Å². The average Bonchev–Trinajstić information content (AvgIpc) is 2.50. The van der Waals surface area contributed by atoms with Gasteiger partial charge in [-0.3, -0.25) is 4.79 Å². The summed E-state index contributed by atoms with van der Waals surface area (Å²) in [5, 5.41) is 8.87. The van der Waals surface area contributed by atoms with Gasteiger partial charge < -0.3 is 10.3 Å². The third-order valence-corrected chi connectivity index (χ3v) is 3.02. The topological polar surface area (TPSA) is 95.0 Å². The first-order valence-electron chi connectivity index (χ1n) is 6.72. The third-order valence-electron chi connectivity index (χ3n) is 3.02. The number of nitrogens with zero attached hydrogens (tertiary/aromatic N) is 3. The number of hydrogen-bond acceptors (Lipinski definition) is 5. The predicted octanol–water partition coefficient (Wildman–Crippen LogP) is 1.55. The summed E-state index contributed by atoms with van der Waals surface area (Å²) in [4.78, 5) is 18.4. The van der Waals surface area contributed by atoms with Gasteiger partial charge in [0, 0.05) is 24.3 Å². The molecule has 0 saturated heterocycles. The molecular formula is C14H21N5O. The van der Waals surface area contributed by atoms with Gasteiger partial charge in [-0.05, 0) is 32.4 Å². The first-order chi connectivity index (χ1) is 9.55. The number of carbonyl (C=O) groups excluding carboxylic acids is 1. The molecule has 1 amide bonds. The Hall–Kier alpha value is -2.13. The van der Waals surface area contributed by atoms with Gasteiger partial charge in [-0.1, -0.05) is 6.92 Å². The Balaban J connectivity index is 3.02. The number of carbonyl (C=O) groups is 1. The number of nitrogen functional groups attached to an aromatic ring is 1. The number of anilines is 1. The Morgan fingerprint density at radius 2 is 2.25 bits per heavy atom. The number of hydrogen-bond donors (Lipinski definition) is 2. The van der Waals surface area contributed by atoms with Crippen molar-refractivity contribution in [1.82, 2.24) is 9.88 Å². The van der Waals surface area contributed by atoms with Crippen molar-refractivity contribution in [2.24, 2.45) is 11.8 Å². The number of rotatable bonds is 6. The van der Waals surface area contributed by atoms with Crippen LogP contribution in [0.4, 0.5) is 5.82 Å². The second kappa shape index (κ2) is 7.46. The molecule has 0 aliphatic heterocycles. The zero-order valence-corrected chi connectivity index (χ0v) is 12.2. The molecule has 0 aromatic carbocycles. The number of hydrazine groups is 1. The van der Waals surface area contributed by atoms with Crippen LogP contribution in [-0.2, 0) is 6.42 Å². The Labute approximate surface area is 119 Å². The smallest absolute Gasteiger partial charge is 0.254 e. The summed E-state index contributed by atoms with van der Waals surface area (Å²) in [6.07, 6.45) is 0.719. The number of pyridine rings is 1. The molecule has 0 saturated carbocycles. The van der Waals surface area contributed by atoms with Crippen LogP contribution in [0.3, 0.4) is 0 Å². The molecule has 1 unspecified atom stereocenters. The van der Waals surface area contributed by atoms with Crippen molar-refractivity contribution < 1.29 is 4.79 Å². The molecule has 0 aliphatic rings. The number of nitrogens with one attached hydrogen (secondary N) is 1. The molecule has 6 heteroatoms. The van der Waals surface area contributed by atoms with E-state index < -0.39 is 0 Å². The SMILES string of the molecule is CCc1cc(C(=O)N(CC)CC(C)C#N)cc(NN)n1. The molecule has 0 radical (unpaired) electrons. The highest BCUT2D eigenvalue weighted by molar-refractivity contribution is 5.95. The molecular weight excluding hydrogens is 254 g/mol. The number of aromatic nitrogens is 1. The summed E-state index contributed by atoms with van der Waals surface area (Å²) >= 11 is 0. The van der Waals surface area contributed by atoms with Crippen LogP contribution in [-0.4, -0.2) is 28.9 Å². The molecule has 0 bridgehead atoms. The molecule has 1 heterocycles. The second-order valence-electron chi connectivity index (χ2n) is 4.60. The Morgan fingerprint density at radius 3 is 2.75 bits per heavy atom. The van der Waals surface area contributed by atoms with E-state index in [4.69, 9.17) is 11.1 Å². The van der Waals surface area contributed by atoms with Crippen LogP contribution < -0.4 is 11.3 Å². The number of amides is 1. The maximum Gasteiger partial charge on any atom is 0.254 e. The van der Waals surface area contributed by atoms with Gasteiger partial charge in [-0.25, -0.2) is 10.8 Å². The van der Waals surface area contributed by atoms with Crippen molar-refractivity contribution in [3.05, 3.63) is 23.4 Å². The van der Waals surface area contributed by atoms with E-state index in [0.29, 0.717) is 24.5 Å². The normalized spacial score (nSPS) is 11.6. The van der Waals surface area contributed by atoms with Crippen LogP contribution in [0, 0.1) is 17.2 Å². The first kappa shape index (κ1) is 15.9. The molecule has 0 spiro atoms. The Bertz CT molecular complexity index is 487. The van der Waals surface area contributed by atoms with Crippen LogP contribution in [0.1, 0.15) is 36.8 Å². The van der Waals surface area contributed by atoms with E-state index in [1.54, 1.807) is 24.0 Å². The van der Waals surface area contributed by atoms with Gasteiger partial charge in [0.1, 0.15) is 5.82 Å². The maximum atomic E-state index is 12.5. The van der Waals surface area contributed by atoms with E-state index in [2.05, 4.69) is 16.5 Å². The summed E-state index contributed by atoms with van der Waals surface area (Å²) in [7, 11) is 0. The molecule has 1 aromatic rings. The molecule has 20 heavy (non-hydrogen) atoms. The molecule has 6 nitrogen and oxygen atoms in total. The van der Waals surface area contributed by atoms with Gasteiger partial charge >= 0.3 is 0 Å². The molecule has 0 fully saturated rings. The molecule has 1 rings (SSSR count). The molecule has 0 aliphatic carbocycles. The van der Waals surface area contributed by atoms with Crippen molar-refractivity contribution in [1.29, 1.82) is 5.26 Å². The van der Waals surface area contributed by atoms with E-state index in [1.807, 2.05) is 13.8 Å². The Morgan fingerprint density at radius 1 is 1.55 bits per heavy atom. The quantitative estimate of drug-likeness (QED) is 0.606. The Kier molecular flexibility index (Phi) is 5.94. The fourth-order valence-electron chi connectivity index (χ4n) is 1.88. The number of nitriles is 1. The van der Waals surface area contributed by atoms with Gasteiger partial charge in [0.2, 0.25) is 0 Å². The standard InChI is InChI=1S/C14H21N5O/c1-4-12-6-11(7-13(17-12)18-16)14(20)19(5-2)9-10(3)8-15/h6-7,10H,4-5,9,16H2,1-3H3,(H,17,18). The molecule has 3 N–H and O–H groups in total. The van der Waals surface area contributed by atoms with Gasteiger partial charge in [0.05, 0.1) is 12.0 Å². The van der Waals surface area contributed by atoms with E-state index in [0.717, 1.165) is 12.1 Å². The van der Waals surface area contributed by atoms with Crippen molar-refractivity contribution in [2.45, 2.75) is 27.2 Å².